The van der Waals surface area contributed by atoms with Gasteiger partial charge in [0.05, 0.1) is 11.0 Å². The van der Waals surface area contributed by atoms with Gasteiger partial charge in [0.1, 0.15) is 5.92 Å². The van der Waals surface area contributed by atoms with Crippen LogP contribution in [-0.2, 0) is 4.79 Å². The maximum atomic E-state index is 13.1. The Morgan fingerprint density at radius 1 is 1.18 bits per heavy atom. The molecule has 0 saturated heterocycles. The molecule has 28 heavy (non-hydrogen) atoms. The zero-order chi connectivity index (χ0) is 19.7. The van der Waals surface area contributed by atoms with Crippen LogP contribution in [0, 0.1) is 16.0 Å². The Kier molecular flexibility index (Phi) is 4.28. The molecule has 10 nitrogen and oxygen atoms in total. The predicted molar refractivity (Wildman–Crippen MR) is 100 cm³/mol. The van der Waals surface area contributed by atoms with Crippen molar-refractivity contribution in [1.82, 2.24) is 20.2 Å². The van der Waals surface area contributed by atoms with E-state index >= 15 is 0 Å². The number of nitrogens with one attached hydrogen (secondary N) is 2. The van der Waals surface area contributed by atoms with Crippen molar-refractivity contribution >= 4 is 23.2 Å². The Hall–Kier alpha value is -4.08. The summed E-state index contributed by atoms with van der Waals surface area (Å²) in [7, 11) is 0. The molecule has 1 aromatic heterocycles. The van der Waals surface area contributed by atoms with Crippen LogP contribution in [0.3, 0.4) is 0 Å². The van der Waals surface area contributed by atoms with E-state index in [9.17, 15) is 14.9 Å². The van der Waals surface area contributed by atoms with Crippen molar-refractivity contribution in [3.8, 4) is 0 Å². The third-order valence-electron chi connectivity index (χ3n) is 4.49. The smallest absolute Gasteiger partial charge is 0.269 e. The average Bonchev–Trinajstić information content (AvgIpc) is 3.15. The molecule has 0 spiro atoms. The van der Waals surface area contributed by atoms with Gasteiger partial charge in [0.2, 0.25) is 11.9 Å². The monoisotopic (exact) mass is 377 g/mol. The maximum Gasteiger partial charge on any atom is 0.269 e. The zero-order valence-electron chi connectivity index (χ0n) is 14.5. The minimum atomic E-state index is -0.738. The first-order chi connectivity index (χ1) is 13.5. The minimum Gasteiger partial charge on any atom is -0.326 e. The van der Waals surface area contributed by atoms with E-state index in [4.69, 9.17) is 0 Å². The number of tetrazole rings is 1. The lowest BCUT2D eigenvalue weighted by Gasteiger charge is -2.33. The summed E-state index contributed by atoms with van der Waals surface area (Å²) < 4.78 is 1.48. The number of anilines is 2. The molecule has 140 valence electrons. The van der Waals surface area contributed by atoms with Crippen LogP contribution in [0.1, 0.15) is 11.6 Å². The van der Waals surface area contributed by atoms with Crippen LogP contribution in [0.2, 0.25) is 0 Å². The molecule has 0 fully saturated rings. The fourth-order valence-corrected chi connectivity index (χ4v) is 3.19. The lowest BCUT2D eigenvalue weighted by atomic mass is 9.88. The molecule has 1 amide bonds. The van der Waals surface area contributed by atoms with Crippen molar-refractivity contribution in [3.63, 3.8) is 0 Å². The second-order valence-electron chi connectivity index (χ2n) is 6.22. The van der Waals surface area contributed by atoms with Crippen LogP contribution in [0.25, 0.3) is 0 Å². The second kappa shape index (κ2) is 6.91. The summed E-state index contributed by atoms with van der Waals surface area (Å²) in [5.74, 6) is -0.692. The maximum absolute atomic E-state index is 13.1. The number of rotatable bonds is 4. The Bertz CT molecular complexity index is 1050. The topological polar surface area (TPSA) is 128 Å². The van der Waals surface area contributed by atoms with Gasteiger partial charge in [0, 0.05) is 23.5 Å². The summed E-state index contributed by atoms with van der Waals surface area (Å²) in [4.78, 5) is 23.5. The van der Waals surface area contributed by atoms with Crippen molar-refractivity contribution < 1.29 is 9.72 Å². The number of carbonyl (C=O) groups excluding carboxylic acids is 1. The lowest BCUT2D eigenvalue weighted by molar-refractivity contribution is -0.384. The van der Waals surface area contributed by atoms with Gasteiger partial charge in [-0.2, -0.15) is 0 Å². The van der Waals surface area contributed by atoms with Crippen molar-refractivity contribution in [1.29, 1.82) is 0 Å². The number of aromatic nitrogens is 4. The highest BCUT2D eigenvalue weighted by Crippen LogP contribution is 2.37. The van der Waals surface area contributed by atoms with Gasteiger partial charge in [-0.15, -0.1) is 0 Å². The van der Waals surface area contributed by atoms with E-state index < -0.39 is 16.9 Å². The molecule has 1 aliphatic rings. The number of carbonyl (C=O) groups is 1. The molecule has 2 heterocycles. The molecule has 1 aliphatic heterocycles. The molecule has 2 unspecified atom stereocenters. The molecule has 2 atom stereocenters. The first-order valence-electron chi connectivity index (χ1n) is 8.38. The lowest BCUT2D eigenvalue weighted by Crippen LogP contribution is -2.39. The Morgan fingerprint density at radius 3 is 2.57 bits per heavy atom. The normalized spacial score (nSPS) is 18.1. The summed E-state index contributed by atoms with van der Waals surface area (Å²) >= 11 is 0. The third-order valence-corrected chi connectivity index (χ3v) is 4.49. The van der Waals surface area contributed by atoms with Gasteiger partial charge in [-0.3, -0.25) is 14.9 Å². The van der Waals surface area contributed by atoms with Gasteiger partial charge in [-0.05, 0) is 28.1 Å². The first kappa shape index (κ1) is 17.3. The summed E-state index contributed by atoms with van der Waals surface area (Å²) in [5.41, 5.74) is 1.68. The van der Waals surface area contributed by atoms with Gasteiger partial charge in [0.25, 0.3) is 5.69 Å². The number of amides is 1. The Labute approximate surface area is 159 Å². The third kappa shape index (κ3) is 3.07. The molecule has 0 bridgehead atoms. The number of nitro benzene ring substituents is 1. The van der Waals surface area contributed by atoms with Crippen LogP contribution in [-0.4, -0.2) is 31.0 Å². The molecular formula is C18H15N7O3. The molecule has 0 saturated carbocycles. The summed E-state index contributed by atoms with van der Waals surface area (Å²) in [6.45, 7) is 3.97. The molecule has 3 aromatic rings. The number of hydrogen-bond donors (Lipinski definition) is 2. The highest BCUT2D eigenvalue weighted by molar-refractivity contribution is 5.95. The number of hydrogen-bond acceptors (Lipinski definition) is 7. The quantitative estimate of drug-likeness (QED) is 0.527. The number of para-hydroxylation sites is 1. The fourth-order valence-electron chi connectivity index (χ4n) is 3.19. The molecule has 0 aliphatic carbocycles. The van der Waals surface area contributed by atoms with Crippen molar-refractivity contribution in [3.05, 3.63) is 82.6 Å². The van der Waals surface area contributed by atoms with E-state index in [1.807, 2.05) is 18.2 Å². The SMILES string of the molecule is C=C1Nc2nnnn2C(c2ccc([N+](=O)[O-])cc2)C1C(=O)Nc1ccccc1. The van der Waals surface area contributed by atoms with E-state index in [-0.39, 0.29) is 11.6 Å². The van der Waals surface area contributed by atoms with E-state index in [1.54, 1.807) is 24.3 Å². The summed E-state index contributed by atoms with van der Waals surface area (Å²) in [6.07, 6.45) is 0. The molecule has 0 radical (unpaired) electrons. The molecule has 10 heteroatoms. The summed E-state index contributed by atoms with van der Waals surface area (Å²) in [5, 5.41) is 28.3. The standard InChI is InChI=1S/C18H15N7O3/c1-11-15(17(26)20-13-5-3-2-4-6-13)16(24-18(19-11)21-22-23-24)12-7-9-14(10-8-12)25(27)28/h2-10,15-16H,1H2,(H,20,26)(H,19,21,23). The van der Waals surface area contributed by atoms with Crippen LogP contribution in [0.5, 0.6) is 0 Å². The zero-order valence-corrected chi connectivity index (χ0v) is 14.5. The van der Waals surface area contributed by atoms with Crippen LogP contribution in [0.4, 0.5) is 17.3 Å². The highest BCUT2D eigenvalue weighted by Gasteiger charge is 2.40. The number of benzene rings is 2. The number of fused-ring (bicyclic) bond motifs is 1. The average molecular weight is 377 g/mol. The van der Waals surface area contributed by atoms with Gasteiger partial charge in [-0.25, -0.2) is 4.68 Å². The minimum absolute atomic E-state index is 0.0428. The number of non-ortho nitro benzene ring substituents is 1. The Balaban J connectivity index is 1.73. The van der Waals surface area contributed by atoms with Crippen LogP contribution in [0.15, 0.2) is 66.9 Å². The molecular weight excluding hydrogens is 362 g/mol. The first-order valence-corrected chi connectivity index (χ1v) is 8.38. The second-order valence-corrected chi connectivity index (χ2v) is 6.22. The van der Waals surface area contributed by atoms with Crippen molar-refractivity contribution in [2.24, 2.45) is 5.92 Å². The predicted octanol–water partition coefficient (Wildman–Crippen LogP) is 2.36. The van der Waals surface area contributed by atoms with Gasteiger partial charge in [0.15, 0.2) is 0 Å². The van der Waals surface area contributed by atoms with E-state index in [1.165, 1.54) is 16.8 Å². The fraction of sp³-hybridized carbons (Fsp3) is 0.111. The van der Waals surface area contributed by atoms with Gasteiger partial charge >= 0.3 is 0 Å². The molecule has 2 N–H and O–H groups in total. The Morgan fingerprint density at radius 2 is 1.89 bits per heavy atom. The van der Waals surface area contributed by atoms with Crippen LogP contribution < -0.4 is 10.6 Å². The van der Waals surface area contributed by atoms with E-state index in [0.717, 1.165) is 0 Å². The van der Waals surface area contributed by atoms with Crippen LogP contribution >= 0.6 is 0 Å². The largest absolute Gasteiger partial charge is 0.326 e. The van der Waals surface area contributed by atoms with E-state index in [0.29, 0.717) is 22.9 Å². The van der Waals surface area contributed by atoms with Crippen molar-refractivity contribution in [2.75, 3.05) is 10.6 Å². The van der Waals surface area contributed by atoms with E-state index in [2.05, 4.69) is 32.7 Å². The summed E-state index contributed by atoms with van der Waals surface area (Å²) in [6, 6.07) is 14.4. The number of nitrogens with zero attached hydrogens (tertiary/aromatic N) is 5. The van der Waals surface area contributed by atoms with Gasteiger partial charge < -0.3 is 10.6 Å². The number of nitro groups is 1. The van der Waals surface area contributed by atoms with Gasteiger partial charge in [-0.1, -0.05) is 42.0 Å². The molecule has 2 aromatic carbocycles. The molecule has 4 rings (SSSR count). The highest BCUT2D eigenvalue weighted by atomic mass is 16.6. The van der Waals surface area contributed by atoms with Crippen molar-refractivity contribution in [2.45, 2.75) is 6.04 Å².